The Bertz CT molecular complexity index is 783. The molecule has 0 aromatic heterocycles. The van der Waals surface area contributed by atoms with Crippen molar-refractivity contribution in [3.63, 3.8) is 0 Å². The quantitative estimate of drug-likeness (QED) is 0.453. The summed E-state index contributed by atoms with van der Waals surface area (Å²) in [4.78, 5) is 43.4. The Morgan fingerprint density at radius 1 is 0.567 bits per heavy atom. The lowest BCUT2D eigenvalue weighted by Crippen LogP contribution is -2.09. The maximum Gasteiger partial charge on any atom is 0.338 e. The number of carboxylic acid groups (broad SMARTS) is 2. The lowest BCUT2D eigenvalue weighted by molar-refractivity contribution is 0.0427. The summed E-state index contributed by atoms with van der Waals surface area (Å²) in [6, 6.07) is 10.7. The zero-order valence-electron chi connectivity index (χ0n) is 15.7. The van der Waals surface area contributed by atoms with Gasteiger partial charge in [0.2, 0.25) is 0 Å². The lowest BCUT2D eigenvalue weighted by atomic mass is 10.1. The third-order valence-corrected chi connectivity index (χ3v) is 3.38. The average Bonchev–Trinajstić information content (AvgIpc) is 2.76. The number of ether oxygens (including phenoxy) is 2. The van der Waals surface area contributed by atoms with Gasteiger partial charge < -0.3 is 29.9 Å². The summed E-state index contributed by atoms with van der Waals surface area (Å²) < 4.78 is 9.28. The van der Waals surface area contributed by atoms with E-state index >= 15 is 0 Å². The Hall–Kier alpha value is -3.76. The van der Waals surface area contributed by atoms with Gasteiger partial charge in [-0.1, -0.05) is 0 Å². The van der Waals surface area contributed by atoms with Crippen LogP contribution in [-0.2, 0) is 9.47 Å². The van der Waals surface area contributed by atoms with Gasteiger partial charge in [0.05, 0.1) is 35.5 Å². The number of carbonyl (C=O) groups is 4. The van der Waals surface area contributed by atoms with Crippen molar-refractivity contribution in [3.05, 3.63) is 70.8 Å². The van der Waals surface area contributed by atoms with E-state index in [1.54, 1.807) is 0 Å². The molecule has 2 aromatic carbocycles. The molecule has 0 unspecified atom stereocenters. The highest BCUT2D eigenvalue weighted by atomic mass is 16.5. The zero-order chi connectivity index (χ0) is 22.5. The third kappa shape index (κ3) is 8.09. The molecule has 30 heavy (non-hydrogen) atoms. The number of aromatic carboxylic acids is 2. The van der Waals surface area contributed by atoms with Crippen LogP contribution in [0.3, 0.4) is 0 Å². The highest BCUT2D eigenvalue weighted by molar-refractivity contribution is 5.93. The predicted molar refractivity (Wildman–Crippen MR) is 102 cm³/mol. The number of aliphatic hydroxyl groups excluding tert-OH is 2. The van der Waals surface area contributed by atoms with E-state index in [1.165, 1.54) is 48.5 Å². The third-order valence-electron chi connectivity index (χ3n) is 3.38. The molecular weight excluding hydrogens is 400 g/mol. The first-order valence-electron chi connectivity index (χ1n) is 8.52. The van der Waals surface area contributed by atoms with Gasteiger partial charge in [0.25, 0.3) is 0 Å². The molecule has 2 aromatic rings. The minimum Gasteiger partial charge on any atom is -0.478 e. The Kier molecular flexibility index (Phi) is 10.2. The summed E-state index contributed by atoms with van der Waals surface area (Å²) in [6.45, 7) is -0.614. The fourth-order valence-electron chi connectivity index (χ4n) is 1.94. The van der Waals surface area contributed by atoms with Crippen LogP contribution in [-0.4, -0.2) is 70.7 Å². The highest BCUT2D eigenvalue weighted by Gasteiger charge is 2.09. The molecule has 0 aliphatic carbocycles. The van der Waals surface area contributed by atoms with E-state index in [0.29, 0.717) is 0 Å². The van der Waals surface area contributed by atoms with Crippen LogP contribution < -0.4 is 0 Å². The number of aliphatic hydroxyl groups is 2. The smallest absolute Gasteiger partial charge is 0.338 e. The van der Waals surface area contributed by atoms with Gasteiger partial charge in [0, 0.05) is 0 Å². The zero-order valence-corrected chi connectivity index (χ0v) is 15.7. The molecule has 10 heteroatoms. The first-order chi connectivity index (χ1) is 14.3. The number of benzene rings is 2. The molecule has 0 saturated heterocycles. The molecule has 0 bridgehead atoms. The largest absolute Gasteiger partial charge is 0.478 e. The van der Waals surface area contributed by atoms with Crippen LogP contribution in [0.25, 0.3) is 0 Å². The average molecular weight is 420 g/mol. The Morgan fingerprint density at radius 3 is 1.07 bits per heavy atom. The summed E-state index contributed by atoms with van der Waals surface area (Å²) in [5, 5.41) is 34.1. The summed E-state index contributed by atoms with van der Waals surface area (Å²) in [7, 11) is 0. The summed E-state index contributed by atoms with van der Waals surface area (Å²) in [5.74, 6) is -3.27. The molecule has 0 radical (unpaired) electrons. The van der Waals surface area contributed by atoms with Crippen molar-refractivity contribution in [3.8, 4) is 0 Å². The van der Waals surface area contributed by atoms with Crippen LogP contribution in [0.5, 0.6) is 0 Å². The van der Waals surface area contributed by atoms with Crippen molar-refractivity contribution >= 4 is 23.9 Å². The number of rotatable bonds is 8. The van der Waals surface area contributed by atoms with Gasteiger partial charge in [0.1, 0.15) is 13.2 Å². The fourth-order valence-corrected chi connectivity index (χ4v) is 1.94. The number of carboxylic acids is 2. The molecule has 160 valence electrons. The van der Waals surface area contributed by atoms with E-state index in [1.807, 2.05) is 0 Å². The molecular formula is C20H20O10. The molecule has 0 spiro atoms. The molecule has 0 heterocycles. The predicted octanol–water partition coefficient (Wildman–Crippen LogP) is 1.07. The van der Waals surface area contributed by atoms with Crippen molar-refractivity contribution in [2.24, 2.45) is 0 Å². The monoisotopic (exact) mass is 420 g/mol. The van der Waals surface area contributed by atoms with Crippen molar-refractivity contribution in [2.75, 3.05) is 26.4 Å². The molecule has 0 atom stereocenters. The number of esters is 2. The molecule has 0 aliphatic heterocycles. The maximum atomic E-state index is 11.2. The molecule has 0 aliphatic rings. The summed E-state index contributed by atoms with van der Waals surface area (Å²) in [5.41, 5.74) is 0.726. The van der Waals surface area contributed by atoms with Gasteiger partial charge in [-0.2, -0.15) is 0 Å². The van der Waals surface area contributed by atoms with Crippen LogP contribution in [0.15, 0.2) is 48.5 Å². The van der Waals surface area contributed by atoms with Gasteiger partial charge in [-0.05, 0) is 48.5 Å². The summed E-state index contributed by atoms with van der Waals surface area (Å²) in [6.07, 6.45) is 0. The van der Waals surface area contributed by atoms with Crippen LogP contribution in [0.4, 0.5) is 0 Å². The first kappa shape index (κ1) is 24.3. The number of carbonyl (C=O) groups excluding carboxylic acids is 2. The van der Waals surface area contributed by atoms with E-state index in [2.05, 4.69) is 9.47 Å². The molecule has 0 amide bonds. The van der Waals surface area contributed by atoms with E-state index in [4.69, 9.17) is 20.4 Å². The second kappa shape index (κ2) is 12.6. The second-order valence-electron chi connectivity index (χ2n) is 5.48. The van der Waals surface area contributed by atoms with E-state index in [0.717, 1.165) is 0 Å². The van der Waals surface area contributed by atoms with Crippen molar-refractivity contribution in [1.82, 2.24) is 0 Å². The summed E-state index contributed by atoms with van der Waals surface area (Å²) >= 11 is 0. The molecule has 10 nitrogen and oxygen atoms in total. The van der Waals surface area contributed by atoms with Crippen molar-refractivity contribution < 1.29 is 49.1 Å². The minimum atomic E-state index is -1.05. The fraction of sp³-hybridized carbons (Fsp3) is 0.200. The van der Waals surface area contributed by atoms with Crippen LogP contribution in [0.2, 0.25) is 0 Å². The second-order valence-corrected chi connectivity index (χ2v) is 5.48. The lowest BCUT2D eigenvalue weighted by Gasteiger charge is -2.02. The molecule has 4 N–H and O–H groups in total. The van der Waals surface area contributed by atoms with E-state index < -0.39 is 23.9 Å². The molecule has 0 saturated carbocycles. The number of hydrogen-bond acceptors (Lipinski definition) is 8. The van der Waals surface area contributed by atoms with Crippen LogP contribution >= 0.6 is 0 Å². The Labute approximate surface area is 170 Å². The van der Waals surface area contributed by atoms with Gasteiger partial charge >= 0.3 is 23.9 Å². The van der Waals surface area contributed by atoms with Crippen LogP contribution in [0, 0.1) is 0 Å². The van der Waals surface area contributed by atoms with Gasteiger partial charge in [-0.15, -0.1) is 0 Å². The SMILES string of the molecule is O=C(O)c1ccc(C(=O)OCCO)cc1.O=C(O)c1ccc(C(=O)OCCO)cc1. The first-order valence-corrected chi connectivity index (χ1v) is 8.52. The highest BCUT2D eigenvalue weighted by Crippen LogP contribution is 2.06. The van der Waals surface area contributed by atoms with Crippen molar-refractivity contribution in [2.45, 2.75) is 0 Å². The van der Waals surface area contributed by atoms with Crippen LogP contribution in [0.1, 0.15) is 41.4 Å². The van der Waals surface area contributed by atoms with Gasteiger partial charge in [0.15, 0.2) is 0 Å². The van der Waals surface area contributed by atoms with E-state index in [9.17, 15) is 19.2 Å². The standard InChI is InChI=1S/2C10H10O5/c2*11-5-6-15-10(14)8-3-1-7(2-4-8)9(12)13/h2*1-4,11H,5-6H2,(H,12,13). The minimum absolute atomic E-state index is 0.0699. The molecule has 0 fully saturated rings. The van der Waals surface area contributed by atoms with Crippen molar-refractivity contribution in [1.29, 1.82) is 0 Å². The topological polar surface area (TPSA) is 168 Å². The van der Waals surface area contributed by atoms with Gasteiger partial charge in [-0.25, -0.2) is 19.2 Å². The normalized spacial score (nSPS) is 9.67. The Balaban J connectivity index is 0.000000300. The Morgan fingerprint density at radius 2 is 0.833 bits per heavy atom. The maximum absolute atomic E-state index is 11.2. The van der Waals surface area contributed by atoms with E-state index in [-0.39, 0.29) is 48.7 Å². The van der Waals surface area contributed by atoms with Gasteiger partial charge in [-0.3, -0.25) is 0 Å². The molecule has 2 rings (SSSR count). The number of hydrogen-bond donors (Lipinski definition) is 4.